The number of rotatable bonds is 14. The predicted octanol–water partition coefficient (Wildman–Crippen LogP) is 4.80. The van der Waals surface area contributed by atoms with Crippen molar-refractivity contribution in [2.45, 2.75) is 39.8 Å². The molecule has 0 unspecified atom stereocenters. The van der Waals surface area contributed by atoms with Crippen LogP contribution in [0.4, 0.5) is 0 Å². The van der Waals surface area contributed by atoms with Gasteiger partial charge in [-0.3, -0.25) is 9.59 Å². The molecule has 0 aliphatic rings. The molecule has 0 aliphatic carbocycles. The van der Waals surface area contributed by atoms with Crippen LogP contribution in [-0.4, -0.2) is 48.9 Å². The molecule has 1 rings (SSSR count). The standard InChI is InChI=1S/C24H34Cl2N2O4/c1-7-9-31-21-11-18(24(30)28-20(14-26)16(5)6)22(32-10-8-2)12-17(21)23(29)27-19(13-25)15(3)4/h7-8,11-12,15-16,19-20H,1-2,9-10,13-14H2,3-6H3,(H,27,29)(H,28,30)/t19-,20-/m1/s1. The number of nitrogens with one attached hydrogen (secondary N) is 2. The minimum atomic E-state index is -0.375. The third-order valence-electron chi connectivity index (χ3n) is 4.86. The van der Waals surface area contributed by atoms with E-state index in [1.807, 2.05) is 27.7 Å². The Balaban J connectivity index is 3.46. The topological polar surface area (TPSA) is 76.7 Å². The first kappa shape index (κ1) is 27.9. The van der Waals surface area contributed by atoms with Gasteiger partial charge in [0.15, 0.2) is 0 Å². The molecule has 6 nitrogen and oxygen atoms in total. The van der Waals surface area contributed by atoms with Gasteiger partial charge in [0.1, 0.15) is 24.7 Å². The van der Waals surface area contributed by atoms with E-state index < -0.39 is 0 Å². The van der Waals surface area contributed by atoms with Crippen LogP contribution in [0, 0.1) is 11.8 Å². The molecular formula is C24H34Cl2N2O4. The summed E-state index contributed by atoms with van der Waals surface area (Å²) in [6.45, 7) is 15.5. The molecule has 8 heteroatoms. The number of halogens is 2. The number of hydrogen-bond acceptors (Lipinski definition) is 4. The Bertz CT molecular complexity index is 731. The number of amides is 2. The molecule has 0 aromatic heterocycles. The van der Waals surface area contributed by atoms with Crippen molar-refractivity contribution >= 4 is 35.0 Å². The first-order chi connectivity index (χ1) is 15.2. The smallest absolute Gasteiger partial charge is 0.255 e. The predicted molar refractivity (Wildman–Crippen MR) is 131 cm³/mol. The Kier molecular flexibility index (Phi) is 12.2. The lowest BCUT2D eigenvalue weighted by Crippen LogP contribution is -2.40. The lowest BCUT2D eigenvalue weighted by Gasteiger charge is -2.23. The van der Waals surface area contributed by atoms with Gasteiger partial charge in [-0.2, -0.15) is 0 Å². The van der Waals surface area contributed by atoms with Crippen LogP contribution in [-0.2, 0) is 0 Å². The highest BCUT2D eigenvalue weighted by Crippen LogP contribution is 2.30. The molecule has 1 aromatic carbocycles. The van der Waals surface area contributed by atoms with Crippen molar-refractivity contribution in [3.8, 4) is 11.5 Å². The quantitative estimate of drug-likeness (QED) is 0.293. The van der Waals surface area contributed by atoms with Gasteiger partial charge in [0.2, 0.25) is 0 Å². The number of benzene rings is 1. The molecule has 0 bridgehead atoms. The summed E-state index contributed by atoms with van der Waals surface area (Å²) in [4.78, 5) is 26.1. The second kappa shape index (κ2) is 14.1. The van der Waals surface area contributed by atoms with Gasteiger partial charge in [0, 0.05) is 23.8 Å². The van der Waals surface area contributed by atoms with E-state index >= 15 is 0 Å². The fourth-order valence-electron chi connectivity index (χ4n) is 2.71. The highest BCUT2D eigenvalue weighted by molar-refractivity contribution is 6.18. The van der Waals surface area contributed by atoms with Gasteiger partial charge < -0.3 is 20.1 Å². The molecule has 32 heavy (non-hydrogen) atoms. The Hall–Kier alpha value is -2.18. The molecule has 0 fully saturated rings. The first-order valence-electron chi connectivity index (χ1n) is 10.6. The zero-order valence-electron chi connectivity index (χ0n) is 19.3. The number of alkyl halides is 2. The molecule has 2 amide bonds. The average Bonchev–Trinajstić information content (AvgIpc) is 2.76. The summed E-state index contributed by atoms with van der Waals surface area (Å²) >= 11 is 12.0. The number of carbonyl (C=O) groups excluding carboxylic acids is 2. The Morgan fingerprint density at radius 3 is 1.44 bits per heavy atom. The van der Waals surface area contributed by atoms with Crippen LogP contribution in [0.2, 0.25) is 0 Å². The van der Waals surface area contributed by atoms with E-state index in [2.05, 4.69) is 23.8 Å². The van der Waals surface area contributed by atoms with Crippen molar-refractivity contribution in [3.63, 3.8) is 0 Å². The maximum Gasteiger partial charge on any atom is 0.255 e. The Labute approximate surface area is 201 Å². The molecule has 178 valence electrons. The van der Waals surface area contributed by atoms with Gasteiger partial charge >= 0.3 is 0 Å². The van der Waals surface area contributed by atoms with E-state index in [9.17, 15) is 9.59 Å². The molecular weight excluding hydrogens is 451 g/mol. The van der Waals surface area contributed by atoms with Gasteiger partial charge in [-0.05, 0) is 24.0 Å². The third-order valence-corrected chi connectivity index (χ3v) is 5.52. The highest BCUT2D eigenvalue weighted by atomic mass is 35.5. The van der Waals surface area contributed by atoms with Crippen LogP contribution in [0.3, 0.4) is 0 Å². The second-order valence-electron chi connectivity index (χ2n) is 8.00. The number of ether oxygens (including phenoxy) is 2. The van der Waals surface area contributed by atoms with Crippen molar-refractivity contribution in [2.75, 3.05) is 25.0 Å². The Morgan fingerprint density at radius 1 is 0.844 bits per heavy atom. The molecule has 2 atom stereocenters. The monoisotopic (exact) mass is 484 g/mol. The number of carbonyl (C=O) groups is 2. The zero-order chi connectivity index (χ0) is 24.3. The maximum atomic E-state index is 13.1. The summed E-state index contributed by atoms with van der Waals surface area (Å²) in [5.41, 5.74) is 0.465. The largest absolute Gasteiger partial charge is 0.489 e. The van der Waals surface area contributed by atoms with Crippen molar-refractivity contribution in [2.24, 2.45) is 11.8 Å². The van der Waals surface area contributed by atoms with Crippen LogP contribution in [0.15, 0.2) is 37.4 Å². The van der Waals surface area contributed by atoms with Crippen molar-refractivity contribution in [3.05, 3.63) is 48.6 Å². The van der Waals surface area contributed by atoms with Gasteiger partial charge in [-0.25, -0.2) is 0 Å². The summed E-state index contributed by atoms with van der Waals surface area (Å²) in [5.74, 6) is 0.533. The molecule has 0 saturated heterocycles. The molecule has 1 aromatic rings. The fraction of sp³-hybridized carbons (Fsp3) is 0.500. The lowest BCUT2D eigenvalue weighted by atomic mass is 10.0. The maximum absolute atomic E-state index is 13.1. The van der Waals surface area contributed by atoms with Crippen LogP contribution >= 0.6 is 23.2 Å². The molecule has 0 spiro atoms. The van der Waals surface area contributed by atoms with Gasteiger partial charge in [-0.1, -0.05) is 53.0 Å². The zero-order valence-corrected chi connectivity index (χ0v) is 20.8. The summed E-state index contributed by atoms with van der Waals surface area (Å²) in [7, 11) is 0. The minimum absolute atomic E-state index is 0.138. The van der Waals surface area contributed by atoms with Gasteiger partial charge in [-0.15, -0.1) is 23.2 Å². The molecule has 0 heterocycles. The van der Waals surface area contributed by atoms with E-state index in [0.717, 1.165) is 0 Å². The van der Waals surface area contributed by atoms with Crippen LogP contribution < -0.4 is 20.1 Å². The fourth-order valence-corrected chi connectivity index (χ4v) is 3.58. The highest BCUT2D eigenvalue weighted by Gasteiger charge is 2.25. The van der Waals surface area contributed by atoms with Crippen LogP contribution in [0.25, 0.3) is 0 Å². The van der Waals surface area contributed by atoms with E-state index in [1.54, 1.807) is 12.2 Å². The third kappa shape index (κ3) is 8.06. The van der Waals surface area contributed by atoms with E-state index in [1.165, 1.54) is 12.1 Å². The summed E-state index contributed by atoms with van der Waals surface area (Å²) in [6, 6.07) is 2.55. The van der Waals surface area contributed by atoms with Crippen LogP contribution in [0.1, 0.15) is 48.4 Å². The van der Waals surface area contributed by atoms with Gasteiger partial charge in [0.05, 0.1) is 11.1 Å². The SMILES string of the molecule is C=CCOc1cc(C(=O)N[C@H](CCl)C(C)C)c(OCC=C)cc1C(=O)N[C@H](CCl)C(C)C. The van der Waals surface area contributed by atoms with Crippen LogP contribution in [0.5, 0.6) is 11.5 Å². The van der Waals surface area contributed by atoms with Crippen molar-refractivity contribution in [1.29, 1.82) is 0 Å². The molecule has 2 N–H and O–H groups in total. The molecule has 0 aliphatic heterocycles. The lowest BCUT2D eigenvalue weighted by molar-refractivity contribution is 0.0912. The Morgan fingerprint density at radius 2 is 1.19 bits per heavy atom. The normalized spacial score (nSPS) is 12.8. The van der Waals surface area contributed by atoms with E-state index in [0.29, 0.717) is 0 Å². The summed E-state index contributed by atoms with van der Waals surface area (Å²) in [5, 5.41) is 5.83. The second-order valence-corrected chi connectivity index (χ2v) is 8.62. The summed E-state index contributed by atoms with van der Waals surface area (Å²) in [6.07, 6.45) is 3.11. The van der Waals surface area contributed by atoms with E-state index in [4.69, 9.17) is 32.7 Å². The van der Waals surface area contributed by atoms with E-state index in [-0.39, 0.29) is 83.3 Å². The number of hydrogen-bond donors (Lipinski definition) is 2. The molecule has 0 saturated carbocycles. The van der Waals surface area contributed by atoms with Crippen molar-refractivity contribution in [1.82, 2.24) is 10.6 Å². The summed E-state index contributed by atoms with van der Waals surface area (Å²) < 4.78 is 11.4. The molecule has 0 radical (unpaired) electrons. The minimum Gasteiger partial charge on any atom is -0.489 e. The van der Waals surface area contributed by atoms with Crippen molar-refractivity contribution < 1.29 is 19.1 Å². The first-order valence-corrected chi connectivity index (χ1v) is 11.7. The van der Waals surface area contributed by atoms with Gasteiger partial charge in [0.25, 0.3) is 11.8 Å². The average molecular weight is 485 g/mol.